The van der Waals surface area contributed by atoms with Crippen LogP contribution in [-0.4, -0.2) is 68.3 Å². The molecule has 1 aromatic carbocycles. The molecule has 1 spiro atoms. The van der Waals surface area contributed by atoms with Crippen molar-refractivity contribution in [1.29, 1.82) is 0 Å². The second kappa shape index (κ2) is 11.4. The van der Waals surface area contributed by atoms with E-state index in [1.54, 1.807) is 6.07 Å². The molecule has 7 rings (SSSR count). The number of amides is 2. The first kappa shape index (κ1) is 31.8. The van der Waals surface area contributed by atoms with Gasteiger partial charge in [0.15, 0.2) is 11.5 Å². The van der Waals surface area contributed by atoms with Crippen molar-refractivity contribution in [2.75, 3.05) is 0 Å². The largest absolute Gasteiger partial charge is 0.504 e. The van der Waals surface area contributed by atoms with Crippen molar-refractivity contribution in [2.24, 2.45) is 34.0 Å². The fourth-order valence-corrected chi connectivity index (χ4v) is 11.7. The second-order valence-corrected chi connectivity index (χ2v) is 16.3. The summed E-state index contributed by atoms with van der Waals surface area (Å²) >= 11 is 0. The lowest BCUT2D eigenvalue weighted by Crippen LogP contribution is -2.59. The molecule has 2 amide bonds. The van der Waals surface area contributed by atoms with Crippen molar-refractivity contribution < 1.29 is 34.4 Å². The molecule has 6 fully saturated rings. The predicted molar refractivity (Wildman–Crippen MR) is 171 cm³/mol. The molecule has 1 saturated heterocycles. The molecule has 1 aromatic rings. The summed E-state index contributed by atoms with van der Waals surface area (Å²) in [6, 6.07) is 2.64. The van der Waals surface area contributed by atoms with E-state index in [0.717, 1.165) is 64.2 Å². The van der Waals surface area contributed by atoms with E-state index in [1.807, 2.05) is 4.90 Å². The Bertz CT molecular complexity index is 1390. The minimum Gasteiger partial charge on any atom is -0.504 e. The van der Waals surface area contributed by atoms with Crippen LogP contribution in [-0.2, 0) is 25.5 Å². The zero-order chi connectivity index (χ0) is 32.6. The zero-order valence-corrected chi connectivity index (χ0v) is 27.7. The summed E-state index contributed by atoms with van der Waals surface area (Å²) in [6.45, 7) is 7.02. The number of phenolic OH excluding ortho intramolecular Hbond substituents is 2. The number of aliphatic hydroxyl groups is 1. The molecule has 0 bridgehead atoms. The van der Waals surface area contributed by atoms with Crippen LogP contribution in [0, 0.1) is 34.0 Å². The zero-order valence-electron chi connectivity index (χ0n) is 27.7. The van der Waals surface area contributed by atoms with Crippen LogP contribution in [0.3, 0.4) is 0 Å². The summed E-state index contributed by atoms with van der Waals surface area (Å²) in [4.78, 5) is 44.2. The van der Waals surface area contributed by atoms with Gasteiger partial charge in [-0.05, 0) is 97.6 Å². The maximum Gasteiger partial charge on any atom is 0.329 e. The molecule has 1 heterocycles. The van der Waals surface area contributed by atoms with Crippen LogP contribution in [0.25, 0.3) is 0 Å². The summed E-state index contributed by atoms with van der Waals surface area (Å²) in [6.07, 6.45) is 10.8. The maximum atomic E-state index is 14.8. The SMILES string of the molecule is CC1(C)C2(C)CCC3CC(OC(=O)C4CC5CCCCC5N4C(=O)C(NC(=O)C(O)Cc4ccc(O)c(O)c4)C4CCCCC4)C312. The van der Waals surface area contributed by atoms with Crippen LogP contribution in [0.5, 0.6) is 11.5 Å². The van der Waals surface area contributed by atoms with Gasteiger partial charge < -0.3 is 30.3 Å². The van der Waals surface area contributed by atoms with Crippen molar-refractivity contribution >= 4 is 17.8 Å². The molecule has 5 aliphatic carbocycles. The van der Waals surface area contributed by atoms with Gasteiger partial charge in [0.2, 0.25) is 11.8 Å². The van der Waals surface area contributed by atoms with E-state index in [2.05, 4.69) is 26.1 Å². The van der Waals surface area contributed by atoms with E-state index in [-0.39, 0.29) is 70.0 Å². The lowest BCUT2D eigenvalue weighted by Gasteiger charge is -2.47. The Hall–Kier alpha value is -2.81. The van der Waals surface area contributed by atoms with Gasteiger partial charge in [-0.25, -0.2) is 4.79 Å². The second-order valence-electron chi connectivity index (χ2n) is 16.3. The highest BCUT2D eigenvalue weighted by atomic mass is 16.5. The fraction of sp³-hybridized carbons (Fsp3) is 0.757. The van der Waals surface area contributed by atoms with Gasteiger partial charge in [0.1, 0.15) is 24.3 Å². The van der Waals surface area contributed by atoms with Crippen molar-refractivity contribution in [1.82, 2.24) is 10.2 Å². The molecule has 0 aromatic heterocycles. The highest BCUT2D eigenvalue weighted by molar-refractivity contribution is 5.93. The Kier molecular flexibility index (Phi) is 7.88. The van der Waals surface area contributed by atoms with E-state index in [1.165, 1.54) is 25.0 Å². The number of benzene rings is 1. The summed E-state index contributed by atoms with van der Waals surface area (Å²) in [5.41, 5.74) is 0.879. The third kappa shape index (κ3) is 4.61. The smallest absolute Gasteiger partial charge is 0.329 e. The molecule has 9 heteroatoms. The van der Waals surface area contributed by atoms with Gasteiger partial charge >= 0.3 is 5.97 Å². The number of hydrogen-bond donors (Lipinski definition) is 4. The molecule has 9 nitrogen and oxygen atoms in total. The number of ether oxygens (including phenoxy) is 1. The minimum atomic E-state index is -1.45. The Balaban J connectivity index is 1.11. The number of esters is 1. The van der Waals surface area contributed by atoms with Crippen LogP contribution >= 0.6 is 0 Å². The van der Waals surface area contributed by atoms with Crippen molar-refractivity contribution in [3.8, 4) is 11.5 Å². The monoisotopic (exact) mass is 636 g/mol. The maximum absolute atomic E-state index is 14.8. The molecular weight excluding hydrogens is 584 g/mol. The molecular formula is C37H52N2O7. The van der Waals surface area contributed by atoms with E-state index >= 15 is 0 Å². The number of fused-ring (bicyclic) bond motifs is 1. The molecule has 1 aliphatic heterocycles. The van der Waals surface area contributed by atoms with Crippen LogP contribution in [0.15, 0.2) is 18.2 Å². The topological polar surface area (TPSA) is 136 Å². The molecule has 0 radical (unpaired) electrons. The van der Waals surface area contributed by atoms with Crippen LogP contribution < -0.4 is 5.32 Å². The molecule has 9 unspecified atom stereocenters. The molecule has 6 aliphatic rings. The number of rotatable bonds is 8. The van der Waals surface area contributed by atoms with Gasteiger partial charge in [-0.2, -0.15) is 0 Å². The number of likely N-dealkylation sites (tertiary alicyclic amines) is 1. The molecule has 5 saturated carbocycles. The predicted octanol–water partition coefficient (Wildman–Crippen LogP) is 4.98. The number of carbonyl (C=O) groups excluding carboxylic acids is 3. The number of nitrogens with one attached hydrogen (secondary N) is 1. The number of hydrogen-bond acceptors (Lipinski definition) is 7. The van der Waals surface area contributed by atoms with Gasteiger partial charge in [0, 0.05) is 17.9 Å². The number of aliphatic hydroxyl groups excluding tert-OH is 1. The van der Waals surface area contributed by atoms with Gasteiger partial charge in [-0.1, -0.05) is 58.9 Å². The highest BCUT2D eigenvalue weighted by Crippen LogP contribution is 2.93. The van der Waals surface area contributed by atoms with E-state index in [4.69, 9.17) is 4.74 Å². The van der Waals surface area contributed by atoms with Crippen LogP contribution in [0.4, 0.5) is 0 Å². The molecule has 4 N–H and O–H groups in total. The lowest BCUT2D eigenvalue weighted by atomic mass is 9.64. The van der Waals surface area contributed by atoms with Crippen molar-refractivity contribution in [2.45, 2.75) is 141 Å². The summed E-state index contributed by atoms with van der Waals surface area (Å²) in [7, 11) is 0. The average molecular weight is 637 g/mol. The summed E-state index contributed by atoms with van der Waals surface area (Å²) in [5, 5.41) is 33.4. The molecule has 46 heavy (non-hydrogen) atoms. The van der Waals surface area contributed by atoms with Gasteiger partial charge in [0.05, 0.1) is 0 Å². The normalized spacial score (nSPS) is 37.2. The minimum absolute atomic E-state index is 0.0481. The Morgan fingerprint density at radius 2 is 1.67 bits per heavy atom. The fourth-order valence-electron chi connectivity index (χ4n) is 11.7. The number of phenols is 2. The number of carbonyl (C=O) groups is 3. The van der Waals surface area contributed by atoms with E-state index in [9.17, 15) is 29.7 Å². The van der Waals surface area contributed by atoms with Crippen LogP contribution in [0.2, 0.25) is 0 Å². The first-order valence-corrected chi connectivity index (χ1v) is 17.9. The Labute approximate surface area is 272 Å². The molecule has 252 valence electrons. The number of aromatic hydroxyl groups is 2. The molecule has 9 atom stereocenters. The summed E-state index contributed by atoms with van der Waals surface area (Å²) < 4.78 is 6.45. The number of nitrogens with zero attached hydrogens (tertiary/aromatic N) is 1. The third-order valence-corrected chi connectivity index (χ3v) is 14.2. The quantitative estimate of drug-likeness (QED) is 0.233. The Morgan fingerprint density at radius 3 is 2.37 bits per heavy atom. The summed E-state index contributed by atoms with van der Waals surface area (Å²) in [5.74, 6) is -0.969. The van der Waals surface area contributed by atoms with Crippen molar-refractivity contribution in [3.63, 3.8) is 0 Å². The first-order chi connectivity index (χ1) is 21.9. The van der Waals surface area contributed by atoms with E-state index in [0.29, 0.717) is 17.9 Å². The standard InChI is InChI=1S/C37H52N2O7/c1-35(2)36(3)16-15-24-20-30(37(24,35)36)46-34(45)26-19-23-11-7-8-12-25(23)39(26)33(44)31(22-9-5-4-6-10-22)38-32(43)29(42)18-21-13-14-27(40)28(41)17-21/h13-14,17,22-26,29-31,40-42H,4-12,15-16,18-20H2,1-3H3,(H,38,43). The first-order valence-electron chi connectivity index (χ1n) is 17.9. The van der Waals surface area contributed by atoms with Gasteiger partial charge in [-0.3, -0.25) is 9.59 Å². The highest BCUT2D eigenvalue weighted by Gasteiger charge is 2.91. The van der Waals surface area contributed by atoms with E-state index < -0.39 is 24.1 Å². The van der Waals surface area contributed by atoms with Crippen LogP contribution in [0.1, 0.15) is 110 Å². The third-order valence-electron chi connectivity index (χ3n) is 14.2. The van der Waals surface area contributed by atoms with Gasteiger partial charge in [-0.15, -0.1) is 0 Å². The van der Waals surface area contributed by atoms with Gasteiger partial charge in [0.25, 0.3) is 0 Å². The Morgan fingerprint density at radius 1 is 0.957 bits per heavy atom. The van der Waals surface area contributed by atoms with Crippen molar-refractivity contribution in [3.05, 3.63) is 23.8 Å². The lowest BCUT2D eigenvalue weighted by molar-refractivity contribution is -0.178. The average Bonchev–Trinajstić information content (AvgIpc) is 3.28.